The third-order valence-electron chi connectivity index (χ3n) is 8.96. The summed E-state index contributed by atoms with van der Waals surface area (Å²) in [6.07, 6.45) is 3.50. The molecule has 46 heavy (non-hydrogen) atoms. The van der Waals surface area contributed by atoms with Crippen molar-refractivity contribution in [2.45, 2.75) is 90.3 Å². The van der Waals surface area contributed by atoms with E-state index >= 15 is 0 Å². The number of carbonyl (C=O) groups is 5. The number of hydrogen-bond donors (Lipinski definition) is 1. The van der Waals surface area contributed by atoms with Crippen molar-refractivity contribution in [1.29, 1.82) is 0 Å². The molecule has 0 bridgehead atoms. The third kappa shape index (κ3) is 8.14. The van der Waals surface area contributed by atoms with Crippen LogP contribution in [0, 0.1) is 18.8 Å². The van der Waals surface area contributed by atoms with Crippen LogP contribution in [0.2, 0.25) is 0 Å². The first-order valence-corrected chi connectivity index (χ1v) is 17.0. The zero-order valence-corrected chi connectivity index (χ0v) is 27.9. The van der Waals surface area contributed by atoms with E-state index < -0.39 is 23.6 Å². The number of nitrogens with one attached hydrogen (secondary N) is 1. The van der Waals surface area contributed by atoms with Crippen LogP contribution < -0.4 is 5.32 Å². The normalized spacial score (nSPS) is 20.5. The largest absolute Gasteiger partial charge is 0.361 e. The van der Waals surface area contributed by atoms with Crippen LogP contribution >= 0.6 is 11.3 Å². The SMILES string of the molecule is Cc1ncc(C(=O)CCC(=O)N2CCC[C@H]2C(=O)C[C@@H](Cc2ccc3ccccc3c2)C(=O)N[C@@H](CC(C)C)C(=O)[C@@]2(C)CO2)s1. The number of ketones is 3. The van der Waals surface area contributed by atoms with Crippen LogP contribution in [0.4, 0.5) is 0 Å². The van der Waals surface area contributed by atoms with E-state index in [9.17, 15) is 24.0 Å². The Labute approximate surface area is 274 Å². The summed E-state index contributed by atoms with van der Waals surface area (Å²) in [4.78, 5) is 73.2. The van der Waals surface area contributed by atoms with Gasteiger partial charge in [-0.25, -0.2) is 4.98 Å². The predicted molar refractivity (Wildman–Crippen MR) is 177 cm³/mol. The van der Waals surface area contributed by atoms with Crippen LogP contribution in [0.5, 0.6) is 0 Å². The van der Waals surface area contributed by atoms with Gasteiger partial charge in [-0.05, 0) is 61.8 Å². The van der Waals surface area contributed by atoms with Gasteiger partial charge in [0, 0.05) is 37.9 Å². The van der Waals surface area contributed by atoms with Crippen molar-refractivity contribution in [3.8, 4) is 0 Å². The molecule has 1 N–H and O–H groups in total. The molecule has 10 heteroatoms. The van der Waals surface area contributed by atoms with Gasteiger partial charge in [-0.2, -0.15) is 0 Å². The summed E-state index contributed by atoms with van der Waals surface area (Å²) in [5.41, 5.74) is 0.0218. The van der Waals surface area contributed by atoms with Gasteiger partial charge >= 0.3 is 0 Å². The smallest absolute Gasteiger partial charge is 0.224 e. The first-order valence-electron chi connectivity index (χ1n) is 16.2. The van der Waals surface area contributed by atoms with Crippen LogP contribution in [-0.2, 0) is 30.3 Å². The number of carbonyl (C=O) groups excluding carboxylic acids is 5. The fourth-order valence-corrected chi connectivity index (χ4v) is 7.02. The van der Waals surface area contributed by atoms with Gasteiger partial charge in [-0.1, -0.05) is 56.3 Å². The lowest BCUT2D eigenvalue weighted by atomic mass is 9.88. The Morgan fingerprint density at radius 1 is 1.09 bits per heavy atom. The standard InChI is InChI=1S/C36H43N3O6S/c1-22(2)16-28(34(43)36(4)21-45-36)38-35(44)27(18-24-11-12-25-8-5-6-9-26(25)17-24)19-31(41)29-10-7-15-39(29)33(42)14-13-30(40)32-20-37-23(3)46-32/h5-6,8-9,11-12,17,20,22,27-29H,7,10,13-16,18-19,21H2,1-4H3,(H,38,44)/t27-,28+,29+,36-/m1/s1. The van der Waals surface area contributed by atoms with Crippen molar-refractivity contribution in [3.05, 3.63) is 64.1 Å². The number of epoxide rings is 1. The second-order valence-electron chi connectivity index (χ2n) is 13.2. The number of fused-ring (bicyclic) bond motifs is 1. The second-order valence-corrected chi connectivity index (χ2v) is 14.5. The first-order chi connectivity index (χ1) is 21.9. The Kier molecular flexibility index (Phi) is 10.5. The molecule has 0 aliphatic carbocycles. The van der Waals surface area contributed by atoms with Gasteiger partial charge in [0.1, 0.15) is 5.60 Å². The monoisotopic (exact) mass is 645 g/mol. The number of likely N-dealkylation sites (tertiary alicyclic amines) is 1. The van der Waals surface area contributed by atoms with E-state index in [1.54, 1.807) is 11.8 Å². The highest BCUT2D eigenvalue weighted by Crippen LogP contribution is 2.30. The summed E-state index contributed by atoms with van der Waals surface area (Å²) in [7, 11) is 0. The second kappa shape index (κ2) is 14.3. The number of hydrogen-bond acceptors (Lipinski definition) is 8. The van der Waals surface area contributed by atoms with Gasteiger partial charge in [-0.3, -0.25) is 24.0 Å². The van der Waals surface area contributed by atoms with Crippen LogP contribution in [0.1, 0.15) is 79.5 Å². The number of nitrogens with zero attached hydrogens (tertiary/aromatic N) is 2. The van der Waals surface area contributed by atoms with Gasteiger partial charge < -0.3 is 15.0 Å². The Bertz CT molecular complexity index is 1630. The average Bonchev–Trinajstić information content (AvgIpc) is 3.38. The van der Waals surface area contributed by atoms with E-state index in [2.05, 4.69) is 10.3 Å². The summed E-state index contributed by atoms with van der Waals surface area (Å²) in [6.45, 7) is 8.32. The number of ether oxygens (including phenoxy) is 1. The molecule has 3 aromatic rings. The number of Topliss-reactive ketones (excluding diaryl/α,β-unsaturated/α-hetero) is 3. The number of benzene rings is 2. The lowest BCUT2D eigenvalue weighted by molar-refractivity contribution is -0.139. The van der Waals surface area contributed by atoms with E-state index in [0.717, 1.165) is 21.3 Å². The lowest BCUT2D eigenvalue weighted by Crippen LogP contribution is -2.49. The molecular weight excluding hydrogens is 602 g/mol. The highest BCUT2D eigenvalue weighted by molar-refractivity contribution is 7.13. The molecule has 3 heterocycles. The van der Waals surface area contributed by atoms with Crippen LogP contribution in [-0.4, -0.2) is 69.9 Å². The third-order valence-corrected chi connectivity index (χ3v) is 9.91. The molecule has 5 rings (SSSR count). The average molecular weight is 646 g/mol. The van der Waals surface area contributed by atoms with Crippen molar-refractivity contribution in [2.24, 2.45) is 11.8 Å². The molecule has 4 atom stereocenters. The number of rotatable bonds is 15. The van der Waals surface area contributed by atoms with E-state index in [0.29, 0.717) is 43.7 Å². The number of thiazole rings is 1. The molecule has 9 nitrogen and oxygen atoms in total. The lowest BCUT2D eigenvalue weighted by Gasteiger charge is -2.27. The Hall–Kier alpha value is -3.76. The van der Waals surface area contributed by atoms with Gasteiger partial charge in [0.25, 0.3) is 0 Å². The predicted octanol–water partition coefficient (Wildman–Crippen LogP) is 5.27. The maximum Gasteiger partial charge on any atom is 0.224 e. The summed E-state index contributed by atoms with van der Waals surface area (Å²) in [5, 5.41) is 5.89. The number of aryl methyl sites for hydroxylation is 1. The molecule has 2 amide bonds. The molecular formula is C36H43N3O6S. The fraction of sp³-hybridized carbons (Fsp3) is 0.500. The molecule has 2 aliphatic heterocycles. The summed E-state index contributed by atoms with van der Waals surface area (Å²) in [6, 6.07) is 12.6. The molecule has 2 aliphatic rings. The van der Waals surface area contributed by atoms with Crippen LogP contribution in [0.25, 0.3) is 10.8 Å². The van der Waals surface area contributed by atoms with Crippen molar-refractivity contribution in [3.63, 3.8) is 0 Å². The number of amides is 2. The van der Waals surface area contributed by atoms with Crippen LogP contribution in [0.3, 0.4) is 0 Å². The Morgan fingerprint density at radius 2 is 1.83 bits per heavy atom. The highest BCUT2D eigenvalue weighted by atomic mass is 32.1. The van der Waals surface area contributed by atoms with Crippen LogP contribution in [0.15, 0.2) is 48.7 Å². The molecule has 0 spiro atoms. The molecule has 1 aromatic heterocycles. The summed E-state index contributed by atoms with van der Waals surface area (Å²) < 4.78 is 5.41. The minimum atomic E-state index is -0.887. The fourth-order valence-electron chi connectivity index (χ4n) is 6.28. The molecule has 244 valence electrons. The van der Waals surface area contributed by atoms with Crippen molar-refractivity contribution < 1.29 is 28.7 Å². The van der Waals surface area contributed by atoms with Gasteiger partial charge in [0.05, 0.1) is 28.6 Å². The van der Waals surface area contributed by atoms with E-state index in [1.165, 1.54) is 17.5 Å². The summed E-state index contributed by atoms with van der Waals surface area (Å²) in [5.74, 6) is -1.64. The molecule has 0 saturated carbocycles. The van der Waals surface area contributed by atoms with E-state index in [-0.39, 0.29) is 54.3 Å². The van der Waals surface area contributed by atoms with Gasteiger partial charge in [0.15, 0.2) is 17.3 Å². The zero-order valence-electron chi connectivity index (χ0n) is 27.0. The first kappa shape index (κ1) is 33.6. The molecule has 2 fully saturated rings. The topological polar surface area (TPSA) is 126 Å². The van der Waals surface area contributed by atoms with Gasteiger partial charge in [-0.15, -0.1) is 11.3 Å². The Balaban J connectivity index is 1.31. The number of aromatic nitrogens is 1. The zero-order chi connectivity index (χ0) is 33.0. The highest BCUT2D eigenvalue weighted by Gasteiger charge is 2.50. The molecule has 2 saturated heterocycles. The van der Waals surface area contributed by atoms with E-state index in [4.69, 9.17) is 4.74 Å². The maximum absolute atomic E-state index is 14.0. The minimum absolute atomic E-state index is 0.0143. The Morgan fingerprint density at radius 3 is 2.50 bits per heavy atom. The van der Waals surface area contributed by atoms with Crippen molar-refractivity contribution >= 4 is 51.3 Å². The van der Waals surface area contributed by atoms with E-state index in [1.807, 2.05) is 63.2 Å². The molecule has 0 unspecified atom stereocenters. The van der Waals surface area contributed by atoms with Crippen molar-refractivity contribution in [2.75, 3.05) is 13.2 Å². The van der Waals surface area contributed by atoms with Gasteiger partial charge in [0.2, 0.25) is 11.8 Å². The minimum Gasteiger partial charge on any atom is -0.361 e. The maximum atomic E-state index is 14.0. The quantitative estimate of drug-likeness (QED) is 0.176. The molecule has 2 aromatic carbocycles. The molecule has 0 radical (unpaired) electrons. The van der Waals surface area contributed by atoms with Crippen molar-refractivity contribution in [1.82, 2.24) is 15.2 Å². The summed E-state index contributed by atoms with van der Waals surface area (Å²) >= 11 is 1.30.